The average Bonchev–Trinajstić information content (AvgIpc) is 3.31. The van der Waals surface area contributed by atoms with Gasteiger partial charge in [-0.1, -0.05) is 18.2 Å². The summed E-state index contributed by atoms with van der Waals surface area (Å²) in [4.78, 5) is 21.0. The second-order valence-electron chi connectivity index (χ2n) is 7.33. The molecular formula is C21H23FN4O. The van der Waals surface area contributed by atoms with Gasteiger partial charge in [-0.2, -0.15) is 0 Å². The molecule has 1 saturated heterocycles. The molecule has 6 heteroatoms. The molecule has 1 unspecified atom stereocenters. The summed E-state index contributed by atoms with van der Waals surface area (Å²) in [6.07, 6.45) is 2.67. The number of likely N-dealkylation sites (tertiary alicyclic amines) is 1. The Kier molecular flexibility index (Phi) is 4.66. The van der Waals surface area contributed by atoms with Gasteiger partial charge in [0.1, 0.15) is 5.52 Å². The molecule has 2 aromatic carbocycles. The van der Waals surface area contributed by atoms with Crippen molar-refractivity contribution in [2.24, 2.45) is 0 Å². The first kappa shape index (κ1) is 17.7. The molecule has 140 valence electrons. The van der Waals surface area contributed by atoms with Crippen molar-refractivity contribution in [3.63, 3.8) is 0 Å². The van der Waals surface area contributed by atoms with Crippen LogP contribution >= 0.6 is 0 Å². The highest BCUT2D eigenvalue weighted by atomic mass is 19.1. The summed E-state index contributed by atoms with van der Waals surface area (Å²) in [5.41, 5.74) is 2.90. The molecule has 0 aliphatic carbocycles. The monoisotopic (exact) mass is 366 g/mol. The van der Waals surface area contributed by atoms with Crippen molar-refractivity contribution in [3.05, 3.63) is 65.7 Å². The SMILES string of the molecule is CN(C)C1CCN(C(=O)c2ccc(Cn3cnc4c(F)cccc43)cc2)C1. The van der Waals surface area contributed by atoms with Gasteiger partial charge in [-0.25, -0.2) is 9.37 Å². The molecule has 5 nitrogen and oxygen atoms in total. The number of benzene rings is 2. The minimum atomic E-state index is -0.311. The Labute approximate surface area is 158 Å². The number of carbonyl (C=O) groups is 1. The lowest BCUT2D eigenvalue weighted by Crippen LogP contribution is -2.34. The first-order valence-corrected chi connectivity index (χ1v) is 9.17. The number of hydrogen-bond acceptors (Lipinski definition) is 3. The first-order chi connectivity index (χ1) is 13.0. The van der Waals surface area contributed by atoms with Crippen molar-refractivity contribution in [2.45, 2.75) is 19.0 Å². The number of halogens is 1. The largest absolute Gasteiger partial charge is 0.337 e. The summed E-state index contributed by atoms with van der Waals surface area (Å²) in [6, 6.07) is 13.1. The highest BCUT2D eigenvalue weighted by molar-refractivity contribution is 5.94. The van der Waals surface area contributed by atoms with Crippen molar-refractivity contribution in [1.29, 1.82) is 0 Å². The molecule has 1 atom stereocenters. The van der Waals surface area contributed by atoms with Crippen molar-refractivity contribution >= 4 is 16.9 Å². The van der Waals surface area contributed by atoms with Crippen LogP contribution in [0.2, 0.25) is 0 Å². The van der Waals surface area contributed by atoms with Gasteiger partial charge in [-0.3, -0.25) is 4.79 Å². The molecule has 0 saturated carbocycles. The van der Waals surface area contributed by atoms with Crippen molar-refractivity contribution in [3.8, 4) is 0 Å². The third-order valence-electron chi connectivity index (χ3n) is 5.34. The van der Waals surface area contributed by atoms with E-state index in [1.165, 1.54) is 6.07 Å². The maximum atomic E-state index is 13.8. The van der Waals surface area contributed by atoms with Crippen LogP contribution in [-0.4, -0.2) is 58.5 Å². The predicted octanol–water partition coefficient (Wildman–Crippen LogP) is 3.00. The summed E-state index contributed by atoms with van der Waals surface area (Å²) < 4.78 is 15.7. The average molecular weight is 366 g/mol. The molecule has 1 aliphatic rings. The highest BCUT2D eigenvalue weighted by Gasteiger charge is 2.27. The van der Waals surface area contributed by atoms with E-state index in [1.54, 1.807) is 12.4 Å². The van der Waals surface area contributed by atoms with Gasteiger partial charge < -0.3 is 14.4 Å². The molecule has 0 radical (unpaired) electrons. The molecule has 1 amide bonds. The van der Waals surface area contributed by atoms with E-state index in [4.69, 9.17) is 0 Å². The number of fused-ring (bicyclic) bond motifs is 1. The molecule has 0 N–H and O–H groups in total. The zero-order valence-corrected chi connectivity index (χ0v) is 15.6. The van der Waals surface area contributed by atoms with E-state index in [0.717, 1.165) is 30.6 Å². The third-order valence-corrected chi connectivity index (χ3v) is 5.34. The number of amides is 1. The van der Waals surface area contributed by atoms with E-state index >= 15 is 0 Å². The Morgan fingerprint density at radius 3 is 2.70 bits per heavy atom. The summed E-state index contributed by atoms with van der Waals surface area (Å²) in [6.45, 7) is 2.16. The van der Waals surface area contributed by atoms with E-state index < -0.39 is 0 Å². The molecule has 1 aromatic heterocycles. The molecule has 0 bridgehead atoms. The number of likely N-dealkylation sites (N-methyl/N-ethyl adjacent to an activating group) is 1. The van der Waals surface area contributed by atoms with E-state index in [0.29, 0.717) is 23.7 Å². The van der Waals surface area contributed by atoms with E-state index in [9.17, 15) is 9.18 Å². The van der Waals surface area contributed by atoms with Crippen LogP contribution in [0.5, 0.6) is 0 Å². The number of rotatable bonds is 4. The first-order valence-electron chi connectivity index (χ1n) is 9.17. The number of imidazole rings is 1. The van der Waals surface area contributed by atoms with Gasteiger partial charge in [0.05, 0.1) is 11.8 Å². The third kappa shape index (κ3) is 3.45. The van der Waals surface area contributed by atoms with Crippen LogP contribution in [0, 0.1) is 5.82 Å². The minimum absolute atomic E-state index is 0.0843. The Hall–Kier alpha value is -2.73. The van der Waals surface area contributed by atoms with Crippen molar-refractivity contribution in [2.75, 3.05) is 27.2 Å². The Morgan fingerprint density at radius 1 is 1.22 bits per heavy atom. The van der Waals surface area contributed by atoms with E-state index in [2.05, 4.69) is 24.0 Å². The zero-order chi connectivity index (χ0) is 19.0. The van der Waals surface area contributed by atoms with E-state index in [-0.39, 0.29) is 11.7 Å². The zero-order valence-electron chi connectivity index (χ0n) is 15.6. The quantitative estimate of drug-likeness (QED) is 0.713. The van der Waals surface area contributed by atoms with Crippen LogP contribution in [-0.2, 0) is 6.54 Å². The number of aromatic nitrogens is 2. The lowest BCUT2D eigenvalue weighted by atomic mass is 10.1. The standard InChI is InChI=1S/C21H23FN4O/c1-24(2)17-10-11-25(13-17)21(27)16-8-6-15(7-9-16)12-26-14-23-20-18(22)4-3-5-19(20)26/h3-9,14,17H,10-13H2,1-2H3. The van der Waals surface area contributed by atoms with Crippen LogP contribution in [0.1, 0.15) is 22.3 Å². The van der Waals surface area contributed by atoms with Gasteiger partial charge in [-0.15, -0.1) is 0 Å². The lowest BCUT2D eigenvalue weighted by molar-refractivity contribution is 0.0783. The van der Waals surface area contributed by atoms with Crippen LogP contribution in [0.3, 0.4) is 0 Å². The maximum absolute atomic E-state index is 13.8. The molecule has 1 fully saturated rings. The van der Waals surface area contributed by atoms with Crippen molar-refractivity contribution < 1.29 is 9.18 Å². The fourth-order valence-corrected chi connectivity index (χ4v) is 3.66. The Morgan fingerprint density at radius 2 is 2.00 bits per heavy atom. The van der Waals surface area contributed by atoms with Gasteiger partial charge in [0.15, 0.2) is 5.82 Å². The van der Waals surface area contributed by atoms with Crippen molar-refractivity contribution in [1.82, 2.24) is 19.4 Å². The van der Waals surface area contributed by atoms with E-state index in [1.807, 2.05) is 39.8 Å². The van der Waals surface area contributed by atoms with Gasteiger partial charge >= 0.3 is 0 Å². The topological polar surface area (TPSA) is 41.4 Å². The van der Waals surface area contributed by atoms with Crippen LogP contribution in [0.15, 0.2) is 48.8 Å². The summed E-state index contributed by atoms with van der Waals surface area (Å²) in [7, 11) is 4.11. The minimum Gasteiger partial charge on any atom is -0.337 e. The fraction of sp³-hybridized carbons (Fsp3) is 0.333. The van der Waals surface area contributed by atoms with Gasteiger partial charge in [0, 0.05) is 31.2 Å². The lowest BCUT2D eigenvalue weighted by Gasteiger charge is -2.20. The summed E-state index contributed by atoms with van der Waals surface area (Å²) in [5, 5.41) is 0. The molecule has 27 heavy (non-hydrogen) atoms. The van der Waals surface area contributed by atoms with Crippen LogP contribution in [0.25, 0.3) is 11.0 Å². The molecule has 1 aliphatic heterocycles. The number of nitrogens with zero attached hydrogens (tertiary/aromatic N) is 4. The fourth-order valence-electron chi connectivity index (χ4n) is 3.66. The summed E-state index contributed by atoms with van der Waals surface area (Å²) >= 11 is 0. The summed E-state index contributed by atoms with van der Waals surface area (Å²) in [5.74, 6) is -0.227. The molecule has 0 spiro atoms. The molecule has 2 heterocycles. The Bertz CT molecular complexity index is 964. The number of carbonyl (C=O) groups excluding carboxylic acids is 1. The van der Waals surface area contributed by atoms with Crippen LogP contribution in [0.4, 0.5) is 4.39 Å². The maximum Gasteiger partial charge on any atom is 0.253 e. The van der Waals surface area contributed by atoms with Crippen LogP contribution < -0.4 is 0 Å². The predicted molar refractivity (Wildman–Crippen MR) is 103 cm³/mol. The second-order valence-corrected chi connectivity index (χ2v) is 7.33. The highest BCUT2D eigenvalue weighted by Crippen LogP contribution is 2.19. The Balaban J connectivity index is 1.47. The van der Waals surface area contributed by atoms with Gasteiger partial charge in [0.25, 0.3) is 5.91 Å². The van der Waals surface area contributed by atoms with Gasteiger partial charge in [-0.05, 0) is 50.3 Å². The molecule has 3 aromatic rings. The van der Waals surface area contributed by atoms with Gasteiger partial charge in [0.2, 0.25) is 0 Å². The number of para-hydroxylation sites is 1. The normalized spacial score (nSPS) is 17.2. The number of hydrogen-bond donors (Lipinski definition) is 0. The molecular weight excluding hydrogens is 343 g/mol. The second kappa shape index (κ2) is 7.12. The smallest absolute Gasteiger partial charge is 0.253 e. The molecule has 4 rings (SSSR count).